The first-order valence-corrected chi connectivity index (χ1v) is 6.67. The van der Waals surface area contributed by atoms with E-state index in [2.05, 4.69) is 0 Å². The Kier molecular flexibility index (Phi) is 5.64. The molecule has 0 aliphatic heterocycles. The minimum absolute atomic E-state index is 0.238. The Labute approximate surface area is 124 Å². The zero-order valence-corrected chi connectivity index (χ0v) is 12.7. The molecule has 21 heavy (non-hydrogen) atoms. The van der Waals surface area contributed by atoms with Crippen LogP contribution in [0.25, 0.3) is 0 Å². The van der Waals surface area contributed by atoms with Gasteiger partial charge < -0.3 is 9.47 Å². The fraction of sp³-hybridized carbons (Fsp3) is 0.438. The number of ether oxygens (including phenoxy) is 2. The smallest absolute Gasteiger partial charge is 0.348 e. The van der Waals surface area contributed by atoms with Gasteiger partial charge in [0.2, 0.25) is 6.10 Å². The Morgan fingerprint density at radius 2 is 1.67 bits per heavy atom. The van der Waals surface area contributed by atoms with Gasteiger partial charge in [-0.3, -0.25) is 9.59 Å². The van der Waals surface area contributed by atoms with Gasteiger partial charge in [-0.1, -0.05) is 30.3 Å². The van der Waals surface area contributed by atoms with Gasteiger partial charge in [-0.2, -0.15) is 0 Å². The van der Waals surface area contributed by atoms with Gasteiger partial charge in [0, 0.05) is 12.5 Å². The van der Waals surface area contributed by atoms with E-state index in [0.717, 1.165) is 0 Å². The number of benzene rings is 1. The number of carbonyl (C=O) groups excluding carboxylic acids is 3. The second-order valence-corrected chi connectivity index (χ2v) is 5.62. The average Bonchev–Trinajstić information content (AvgIpc) is 2.36. The number of carbonyl (C=O) groups is 3. The number of hydrogen-bond acceptors (Lipinski definition) is 5. The third-order valence-corrected chi connectivity index (χ3v) is 2.44. The summed E-state index contributed by atoms with van der Waals surface area (Å²) in [6.07, 6.45) is -1.46. The number of esters is 2. The van der Waals surface area contributed by atoms with Crippen LogP contribution in [0.2, 0.25) is 0 Å². The predicted molar refractivity (Wildman–Crippen MR) is 76.8 cm³/mol. The molecule has 1 rings (SSSR count). The summed E-state index contributed by atoms with van der Waals surface area (Å²) in [6.45, 7) is 6.29. The molecule has 0 aliphatic carbocycles. The largest absolute Gasteiger partial charge is 0.457 e. The lowest BCUT2D eigenvalue weighted by molar-refractivity contribution is -0.174. The SMILES string of the molecule is CC(=O)OC(CC(=O)c1ccccc1)C(=O)OC(C)(C)C. The van der Waals surface area contributed by atoms with Crippen molar-refractivity contribution < 1.29 is 23.9 Å². The van der Waals surface area contributed by atoms with Gasteiger partial charge in [-0.25, -0.2) is 4.79 Å². The second kappa shape index (κ2) is 7.02. The van der Waals surface area contributed by atoms with E-state index < -0.39 is 23.6 Å². The molecule has 0 amide bonds. The lowest BCUT2D eigenvalue weighted by Crippen LogP contribution is -2.36. The first-order valence-electron chi connectivity index (χ1n) is 6.67. The third-order valence-electron chi connectivity index (χ3n) is 2.44. The van der Waals surface area contributed by atoms with E-state index in [1.807, 2.05) is 0 Å². The molecule has 0 saturated carbocycles. The predicted octanol–water partition coefficient (Wildman–Crippen LogP) is 2.53. The summed E-state index contributed by atoms with van der Waals surface area (Å²) in [6, 6.07) is 8.52. The summed E-state index contributed by atoms with van der Waals surface area (Å²) < 4.78 is 10.1. The maximum atomic E-state index is 12.1. The molecule has 5 nitrogen and oxygen atoms in total. The molecule has 0 aliphatic rings. The molecule has 1 unspecified atom stereocenters. The molecule has 114 valence electrons. The number of Topliss-reactive ketones (excluding diaryl/α,β-unsaturated/α-hetero) is 1. The molecule has 1 aromatic carbocycles. The molecule has 0 saturated heterocycles. The van der Waals surface area contributed by atoms with Crippen molar-refractivity contribution >= 4 is 17.7 Å². The lowest BCUT2D eigenvalue weighted by Gasteiger charge is -2.23. The Morgan fingerprint density at radius 3 is 2.14 bits per heavy atom. The van der Waals surface area contributed by atoms with Gasteiger partial charge in [0.15, 0.2) is 5.78 Å². The van der Waals surface area contributed by atoms with E-state index in [-0.39, 0.29) is 12.2 Å². The van der Waals surface area contributed by atoms with E-state index in [4.69, 9.17) is 9.47 Å². The zero-order chi connectivity index (χ0) is 16.0. The molecule has 0 heterocycles. The normalized spacial score (nSPS) is 12.4. The van der Waals surface area contributed by atoms with Crippen LogP contribution in [-0.4, -0.2) is 29.4 Å². The van der Waals surface area contributed by atoms with Crippen molar-refractivity contribution in [1.29, 1.82) is 0 Å². The Hall–Kier alpha value is -2.17. The maximum Gasteiger partial charge on any atom is 0.348 e. The van der Waals surface area contributed by atoms with Crippen molar-refractivity contribution in [3.05, 3.63) is 35.9 Å². The highest BCUT2D eigenvalue weighted by Gasteiger charge is 2.30. The lowest BCUT2D eigenvalue weighted by atomic mass is 10.0. The van der Waals surface area contributed by atoms with Crippen LogP contribution in [0.5, 0.6) is 0 Å². The Balaban J connectivity index is 2.81. The third kappa shape index (κ3) is 6.21. The average molecular weight is 292 g/mol. The van der Waals surface area contributed by atoms with Gasteiger partial charge in [0.05, 0.1) is 6.42 Å². The molecular weight excluding hydrogens is 272 g/mol. The molecule has 1 aromatic rings. The van der Waals surface area contributed by atoms with Gasteiger partial charge in [0.25, 0.3) is 0 Å². The standard InChI is InChI=1S/C16H20O5/c1-11(17)20-14(15(19)21-16(2,3)4)10-13(18)12-8-6-5-7-9-12/h5-9,14H,10H2,1-4H3. The first kappa shape index (κ1) is 16.9. The highest BCUT2D eigenvalue weighted by Crippen LogP contribution is 2.14. The summed E-state index contributed by atoms with van der Waals surface area (Å²) in [5.41, 5.74) is -0.260. The fourth-order valence-electron chi connectivity index (χ4n) is 1.65. The van der Waals surface area contributed by atoms with Gasteiger partial charge in [-0.05, 0) is 20.8 Å². The number of rotatable bonds is 5. The fourth-order valence-corrected chi connectivity index (χ4v) is 1.65. The van der Waals surface area contributed by atoms with Crippen LogP contribution in [0.3, 0.4) is 0 Å². The van der Waals surface area contributed by atoms with Crippen LogP contribution in [0.4, 0.5) is 0 Å². The van der Waals surface area contributed by atoms with Gasteiger partial charge >= 0.3 is 11.9 Å². The highest BCUT2D eigenvalue weighted by molar-refractivity contribution is 5.99. The summed E-state index contributed by atoms with van der Waals surface area (Å²) in [5.74, 6) is -1.64. The van der Waals surface area contributed by atoms with Crippen LogP contribution < -0.4 is 0 Å². The molecule has 0 aromatic heterocycles. The molecule has 0 bridgehead atoms. The molecule has 0 fully saturated rings. The molecular formula is C16H20O5. The Morgan fingerprint density at radius 1 is 1.10 bits per heavy atom. The molecule has 0 spiro atoms. The van der Waals surface area contributed by atoms with E-state index in [1.54, 1.807) is 51.1 Å². The zero-order valence-electron chi connectivity index (χ0n) is 12.7. The molecule has 5 heteroatoms. The van der Waals surface area contributed by atoms with Crippen molar-refractivity contribution in [2.45, 2.75) is 45.8 Å². The van der Waals surface area contributed by atoms with Crippen LogP contribution in [-0.2, 0) is 19.1 Å². The van der Waals surface area contributed by atoms with Crippen LogP contribution in [0.1, 0.15) is 44.5 Å². The molecule has 1 atom stereocenters. The van der Waals surface area contributed by atoms with Crippen LogP contribution >= 0.6 is 0 Å². The first-order chi connectivity index (χ1) is 9.69. The number of ketones is 1. The van der Waals surface area contributed by atoms with Crippen LogP contribution in [0, 0.1) is 0 Å². The van der Waals surface area contributed by atoms with E-state index in [1.165, 1.54) is 6.92 Å². The topological polar surface area (TPSA) is 69.7 Å². The molecule has 0 radical (unpaired) electrons. The van der Waals surface area contributed by atoms with Crippen molar-refractivity contribution in [3.8, 4) is 0 Å². The Bertz CT molecular complexity index is 513. The monoisotopic (exact) mass is 292 g/mol. The second-order valence-electron chi connectivity index (χ2n) is 5.62. The minimum Gasteiger partial charge on any atom is -0.457 e. The van der Waals surface area contributed by atoms with E-state index in [9.17, 15) is 14.4 Å². The van der Waals surface area contributed by atoms with Gasteiger partial charge in [-0.15, -0.1) is 0 Å². The highest BCUT2D eigenvalue weighted by atomic mass is 16.6. The van der Waals surface area contributed by atoms with Crippen LogP contribution in [0.15, 0.2) is 30.3 Å². The minimum atomic E-state index is -1.23. The van der Waals surface area contributed by atoms with Crippen molar-refractivity contribution in [2.24, 2.45) is 0 Å². The van der Waals surface area contributed by atoms with E-state index >= 15 is 0 Å². The van der Waals surface area contributed by atoms with Crippen molar-refractivity contribution in [3.63, 3.8) is 0 Å². The number of hydrogen-bond donors (Lipinski definition) is 0. The maximum absolute atomic E-state index is 12.1. The summed E-state index contributed by atoms with van der Waals surface area (Å²) in [5, 5.41) is 0. The van der Waals surface area contributed by atoms with Gasteiger partial charge in [0.1, 0.15) is 5.60 Å². The van der Waals surface area contributed by atoms with Crippen molar-refractivity contribution in [1.82, 2.24) is 0 Å². The van der Waals surface area contributed by atoms with Crippen molar-refractivity contribution in [2.75, 3.05) is 0 Å². The molecule has 0 N–H and O–H groups in total. The summed E-state index contributed by atoms with van der Waals surface area (Å²) in [7, 11) is 0. The summed E-state index contributed by atoms with van der Waals surface area (Å²) >= 11 is 0. The van der Waals surface area contributed by atoms with E-state index in [0.29, 0.717) is 5.56 Å². The quantitative estimate of drug-likeness (QED) is 0.616. The summed E-state index contributed by atoms with van der Waals surface area (Å²) in [4.78, 5) is 35.2.